The molecule has 0 unspecified atom stereocenters. The van der Waals surface area contributed by atoms with E-state index in [1.165, 1.54) is 0 Å². The highest BCUT2D eigenvalue weighted by Crippen LogP contribution is 2.24. The summed E-state index contributed by atoms with van der Waals surface area (Å²) in [5.41, 5.74) is 2.65. The molecule has 2 rings (SSSR count). The monoisotopic (exact) mass is 332 g/mol. The van der Waals surface area contributed by atoms with Crippen LogP contribution in [-0.4, -0.2) is 14.6 Å². The highest BCUT2D eigenvalue weighted by atomic mass is 79.9. The zero-order valence-electron chi connectivity index (χ0n) is 11.6. The number of aromatic nitrogens is 3. The maximum Gasteiger partial charge on any atom is 0.171 e. The van der Waals surface area contributed by atoms with Gasteiger partial charge >= 0.3 is 0 Å². The summed E-state index contributed by atoms with van der Waals surface area (Å²) in [5.74, 6) is 1.18. The van der Waals surface area contributed by atoms with Crippen LogP contribution < -0.4 is 5.32 Å². The molecular formula is C15H17BrN4. The van der Waals surface area contributed by atoms with Crippen molar-refractivity contribution >= 4 is 27.4 Å². The first-order chi connectivity index (χ1) is 9.56. The van der Waals surface area contributed by atoms with E-state index in [1.807, 2.05) is 12.1 Å². The van der Waals surface area contributed by atoms with Gasteiger partial charge in [-0.2, -0.15) is 9.61 Å². The first-order valence-electron chi connectivity index (χ1n) is 6.33. The molecule has 0 fully saturated rings. The minimum atomic E-state index is 0.331. The fraction of sp³-hybridized carbons (Fsp3) is 0.200. The Bertz CT molecular complexity index is 682. The predicted octanol–water partition coefficient (Wildman–Crippen LogP) is 4.28. The number of rotatable bonds is 5. The van der Waals surface area contributed by atoms with Crippen molar-refractivity contribution in [1.82, 2.24) is 14.6 Å². The van der Waals surface area contributed by atoms with E-state index in [2.05, 4.69) is 58.3 Å². The Morgan fingerprint density at radius 1 is 1.45 bits per heavy atom. The number of hydrogen-bond acceptors (Lipinski definition) is 3. The molecule has 0 bridgehead atoms. The molecule has 104 valence electrons. The lowest BCUT2D eigenvalue weighted by atomic mass is 10.1. The highest BCUT2D eigenvalue weighted by Gasteiger charge is 2.12. The number of halogens is 1. The van der Waals surface area contributed by atoms with Crippen molar-refractivity contribution in [2.45, 2.75) is 19.8 Å². The van der Waals surface area contributed by atoms with E-state index in [0.29, 0.717) is 5.92 Å². The number of hydrogen-bond donors (Lipinski definition) is 1. The van der Waals surface area contributed by atoms with Crippen LogP contribution in [0.1, 0.15) is 25.5 Å². The third-order valence-electron chi connectivity index (χ3n) is 2.83. The fourth-order valence-electron chi connectivity index (χ4n) is 1.78. The lowest BCUT2D eigenvalue weighted by molar-refractivity contribution is 0.810. The van der Waals surface area contributed by atoms with Crippen LogP contribution in [0.2, 0.25) is 0 Å². The maximum absolute atomic E-state index is 4.62. The second kappa shape index (κ2) is 6.05. The molecule has 2 aromatic heterocycles. The summed E-state index contributed by atoms with van der Waals surface area (Å²) < 4.78 is 2.63. The first-order valence-corrected chi connectivity index (χ1v) is 7.12. The molecule has 5 heteroatoms. The smallest absolute Gasteiger partial charge is 0.171 e. The molecule has 0 amide bonds. The summed E-state index contributed by atoms with van der Waals surface area (Å²) in [5, 5.41) is 7.62. The lowest BCUT2D eigenvalue weighted by Gasteiger charge is -2.12. The van der Waals surface area contributed by atoms with Gasteiger partial charge in [0, 0.05) is 17.5 Å². The Labute approximate surface area is 127 Å². The number of anilines is 1. The molecule has 0 saturated heterocycles. The van der Waals surface area contributed by atoms with Gasteiger partial charge in [-0.3, -0.25) is 0 Å². The van der Waals surface area contributed by atoms with Crippen molar-refractivity contribution in [3.63, 3.8) is 0 Å². The normalized spacial score (nSPS) is 11.9. The van der Waals surface area contributed by atoms with Gasteiger partial charge in [-0.05, 0) is 34.0 Å². The van der Waals surface area contributed by atoms with Crippen molar-refractivity contribution in [3.05, 3.63) is 59.5 Å². The Balaban J connectivity index is 2.58. The van der Waals surface area contributed by atoms with Crippen LogP contribution in [0.25, 0.3) is 5.65 Å². The van der Waals surface area contributed by atoms with Gasteiger partial charge in [0.1, 0.15) is 5.82 Å². The summed E-state index contributed by atoms with van der Waals surface area (Å²) in [6.07, 6.45) is 7.04. The van der Waals surface area contributed by atoms with Crippen LogP contribution in [0, 0.1) is 0 Å². The number of fused-ring (bicyclic) bond motifs is 1. The molecule has 1 N–H and O–H groups in total. The van der Waals surface area contributed by atoms with Gasteiger partial charge < -0.3 is 5.32 Å². The van der Waals surface area contributed by atoms with E-state index in [1.54, 1.807) is 22.9 Å². The number of nitrogens with zero attached hydrogens (tertiary/aromatic N) is 3. The van der Waals surface area contributed by atoms with E-state index in [0.717, 1.165) is 27.3 Å². The Morgan fingerprint density at radius 3 is 2.80 bits per heavy atom. The fourth-order valence-corrected chi connectivity index (χ4v) is 2.12. The molecule has 2 heterocycles. The minimum absolute atomic E-state index is 0.331. The lowest BCUT2D eigenvalue weighted by Crippen LogP contribution is -2.07. The third-order valence-corrected chi connectivity index (χ3v) is 3.39. The average Bonchev–Trinajstić information content (AvgIpc) is 2.80. The van der Waals surface area contributed by atoms with E-state index >= 15 is 0 Å². The van der Waals surface area contributed by atoms with Gasteiger partial charge in [0.05, 0.1) is 10.7 Å². The molecule has 0 aliphatic carbocycles. The van der Waals surface area contributed by atoms with E-state index in [9.17, 15) is 0 Å². The maximum atomic E-state index is 4.62. The Kier molecular flexibility index (Phi) is 4.39. The number of allylic oxidation sites excluding steroid dienone is 3. The molecule has 0 aromatic carbocycles. The summed E-state index contributed by atoms with van der Waals surface area (Å²) >= 11 is 3.47. The molecule has 20 heavy (non-hydrogen) atoms. The SMILES string of the molecule is C=C/C=C(\C=C)Nc1cc(C(C)C)nc2c(Br)cnn12. The minimum Gasteiger partial charge on any atom is -0.340 e. The van der Waals surface area contributed by atoms with E-state index in [4.69, 9.17) is 0 Å². The topological polar surface area (TPSA) is 42.2 Å². The van der Waals surface area contributed by atoms with Gasteiger partial charge in [0.25, 0.3) is 0 Å². The number of nitrogens with one attached hydrogen (secondary N) is 1. The van der Waals surface area contributed by atoms with E-state index < -0.39 is 0 Å². The van der Waals surface area contributed by atoms with Crippen LogP contribution in [0.5, 0.6) is 0 Å². The predicted molar refractivity (Wildman–Crippen MR) is 86.9 cm³/mol. The zero-order chi connectivity index (χ0) is 14.7. The van der Waals surface area contributed by atoms with Gasteiger partial charge in [0.2, 0.25) is 0 Å². The Hall–Kier alpha value is -1.88. The molecule has 2 aromatic rings. The molecule has 0 aliphatic rings. The van der Waals surface area contributed by atoms with Crippen molar-refractivity contribution in [3.8, 4) is 0 Å². The van der Waals surface area contributed by atoms with Crippen LogP contribution in [0.4, 0.5) is 5.82 Å². The van der Waals surface area contributed by atoms with Crippen molar-refractivity contribution in [1.29, 1.82) is 0 Å². The van der Waals surface area contributed by atoms with Gasteiger partial charge in [-0.25, -0.2) is 4.98 Å². The van der Waals surface area contributed by atoms with Crippen molar-refractivity contribution < 1.29 is 0 Å². The van der Waals surface area contributed by atoms with Crippen molar-refractivity contribution in [2.75, 3.05) is 5.32 Å². The van der Waals surface area contributed by atoms with Crippen LogP contribution in [0.15, 0.2) is 53.8 Å². The van der Waals surface area contributed by atoms with E-state index in [-0.39, 0.29) is 0 Å². The molecular weight excluding hydrogens is 316 g/mol. The first kappa shape index (κ1) is 14.5. The molecule has 4 nitrogen and oxygen atoms in total. The standard InChI is InChI=1S/C15H17BrN4/c1-5-7-11(6-2)18-14-8-13(10(3)4)19-15-12(16)9-17-20(14)15/h5-10,18H,1-2H2,3-4H3/b11-7+. The zero-order valence-corrected chi connectivity index (χ0v) is 13.2. The molecule has 0 aliphatic heterocycles. The van der Waals surface area contributed by atoms with Gasteiger partial charge in [0.15, 0.2) is 5.65 Å². The van der Waals surface area contributed by atoms with Crippen LogP contribution >= 0.6 is 15.9 Å². The highest BCUT2D eigenvalue weighted by molar-refractivity contribution is 9.10. The van der Waals surface area contributed by atoms with Crippen molar-refractivity contribution in [2.24, 2.45) is 0 Å². The largest absolute Gasteiger partial charge is 0.340 e. The quantitative estimate of drug-likeness (QED) is 0.831. The molecule has 0 radical (unpaired) electrons. The summed E-state index contributed by atoms with van der Waals surface area (Å²) in [6, 6.07) is 2.00. The summed E-state index contributed by atoms with van der Waals surface area (Å²) in [4.78, 5) is 4.62. The van der Waals surface area contributed by atoms with Crippen LogP contribution in [0.3, 0.4) is 0 Å². The molecule has 0 spiro atoms. The van der Waals surface area contributed by atoms with Crippen LogP contribution in [-0.2, 0) is 0 Å². The second-order valence-corrected chi connectivity index (χ2v) is 5.49. The Morgan fingerprint density at radius 2 is 2.20 bits per heavy atom. The molecule has 0 atom stereocenters. The second-order valence-electron chi connectivity index (χ2n) is 4.64. The third kappa shape index (κ3) is 2.82. The van der Waals surface area contributed by atoms with Gasteiger partial charge in [-0.15, -0.1) is 0 Å². The summed E-state index contributed by atoms with van der Waals surface area (Å²) in [7, 11) is 0. The summed E-state index contributed by atoms with van der Waals surface area (Å²) in [6.45, 7) is 11.7. The molecule has 0 saturated carbocycles. The van der Waals surface area contributed by atoms with Gasteiger partial charge in [-0.1, -0.05) is 33.1 Å². The average molecular weight is 333 g/mol.